The molecule has 0 radical (unpaired) electrons. The molecule has 1 saturated heterocycles. The monoisotopic (exact) mass is 242 g/mol. The van der Waals surface area contributed by atoms with Crippen LogP contribution in [0.5, 0.6) is 0 Å². The molecule has 1 aliphatic heterocycles. The van der Waals surface area contributed by atoms with E-state index in [1.165, 1.54) is 19.3 Å². The Hall–Kier alpha value is -0.160. The van der Waals surface area contributed by atoms with E-state index in [0.717, 1.165) is 38.5 Å². The number of rotatable bonds is 7. The summed E-state index contributed by atoms with van der Waals surface area (Å²) in [4.78, 5) is 2.25. The van der Waals surface area contributed by atoms with Gasteiger partial charge in [0.05, 0.1) is 5.60 Å². The highest BCUT2D eigenvalue weighted by Crippen LogP contribution is 2.21. The highest BCUT2D eigenvalue weighted by Gasteiger charge is 2.30. The summed E-state index contributed by atoms with van der Waals surface area (Å²) in [5.41, 5.74) is -0.517. The summed E-state index contributed by atoms with van der Waals surface area (Å²) in [5, 5.41) is 13.9. The predicted molar refractivity (Wildman–Crippen MR) is 68.1 cm³/mol. The van der Waals surface area contributed by atoms with Crippen LogP contribution >= 0.6 is 0 Å². The van der Waals surface area contributed by atoms with Crippen molar-refractivity contribution in [3.8, 4) is 0 Å². The van der Waals surface area contributed by atoms with Gasteiger partial charge in [0.2, 0.25) is 0 Å². The van der Waals surface area contributed by atoms with Crippen LogP contribution in [0.2, 0.25) is 0 Å². The third-order valence-corrected chi connectivity index (χ3v) is 3.71. The van der Waals surface area contributed by atoms with Gasteiger partial charge in [0.25, 0.3) is 0 Å². The highest BCUT2D eigenvalue weighted by atomic mass is 16.5. The Morgan fingerprint density at radius 3 is 2.71 bits per heavy atom. The summed E-state index contributed by atoms with van der Waals surface area (Å²) in [6.45, 7) is 4.35. The lowest BCUT2D eigenvalue weighted by Crippen LogP contribution is -2.46. The molecule has 1 saturated carbocycles. The molecular weight excluding hydrogens is 216 g/mol. The first-order chi connectivity index (χ1) is 8.18. The van der Waals surface area contributed by atoms with Crippen LogP contribution in [0.25, 0.3) is 0 Å². The third kappa shape index (κ3) is 4.92. The topological polar surface area (TPSA) is 44.7 Å². The summed E-state index contributed by atoms with van der Waals surface area (Å²) in [7, 11) is 2.10. The van der Waals surface area contributed by atoms with Crippen molar-refractivity contribution in [3.63, 3.8) is 0 Å². The van der Waals surface area contributed by atoms with Gasteiger partial charge in [0.15, 0.2) is 0 Å². The van der Waals surface area contributed by atoms with E-state index in [2.05, 4.69) is 17.3 Å². The zero-order chi connectivity index (χ0) is 12.1. The van der Waals surface area contributed by atoms with E-state index in [1.54, 1.807) is 0 Å². The normalized spacial score (nSPS) is 24.2. The molecule has 0 unspecified atom stereocenters. The molecule has 1 heterocycles. The van der Waals surface area contributed by atoms with E-state index < -0.39 is 5.60 Å². The molecule has 2 aliphatic rings. The van der Waals surface area contributed by atoms with Gasteiger partial charge in [0, 0.05) is 38.6 Å². The first-order valence-corrected chi connectivity index (χ1v) is 6.90. The Labute approximate surface area is 104 Å². The average molecular weight is 242 g/mol. The maximum absolute atomic E-state index is 10.4. The number of nitrogens with zero attached hydrogens (tertiary/aromatic N) is 1. The van der Waals surface area contributed by atoms with Crippen molar-refractivity contribution in [1.29, 1.82) is 0 Å². The van der Waals surface area contributed by atoms with Crippen LogP contribution in [0.3, 0.4) is 0 Å². The van der Waals surface area contributed by atoms with E-state index in [4.69, 9.17) is 4.74 Å². The Bertz CT molecular complexity index is 225. The molecule has 4 heteroatoms. The van der Waals surface area contributed by atoms with Crippen LogP contribution in [0.15, 0.2) is 0 Å². The Balaban J connectivity index is 1.56. The maximum Gasteiger partial charge on any atom is 0.0817 e. The van der Waals surface area contributed by atoms with Crippen molar-refractivity contribution in [2.24, 2.45) is 0 Å². The van der Waals surface area contributed by atoms with Crippen molar-refractivity contribution >= 4 is 0 Å². The predicted octanol–water partition coefficient (Wildman–Crippen LogP) is 0.602. The molecule has 4 nitrogen and oxygen atoms in total. The van der Waals surface area contributed by atoms with Crippen LogP contribution in [0.1, 0.15) is 32.1 Å². The lowest BCUT2D eigenvalue weighted by atomic mass is 9.94. The van der Waals surface area contributed by atoms with Gasteiger partial charge in [-0.2, -0.15) is 0 Å². The summed E-state index contributed by atoms with van der Waals surface area (Å²) in [6.07, 6.45) is 5.43. The SMILES string of the molecule is CN(CCCNC1CC1)CC1(O)CCOCC1. The standard InChI is InChI=1S/C13H26N2O2/c1-15(8-2-7-14-12-3-4-12)11-13(16)5-9-17-10-6-13/h12,14,16H,2-11H2,1H3. The molecular formula is C13H26N2O2. The molecule has 0 spiro atoms. The summed E-state index contributed by atoms with van der Waals surface area (Å²) in [5.74, 6) is 0. The summed E-state index contributed by atoms with van der Waals surface area (Å²) in [6, 6.07) is 0.806. The first kappa shape index (κ1) is 13.3. The van der Waals surface area contributed by atoms with E-state index in [1.807, 2.05) is 0 Å². The Morgan fingerprint density at radius 1 is 1.35 bits per heavy atom. The molecule has 1 aliphatic carbocycles. The van der Waals surface area contributed by atoms with E-state index >= 15 is 0 Å². The number of nitrogens with one attached hydrogen (secondary N) is 1. The van der Waals surface area contributed by atoms with Gasteiger partial charge in [-0.15, -0.1) is 0 Å². The molecule has 2 fully saturated rings. The van der Waals surface area contributed by atoms with Crippen molar-refractivity contribution in [2.75, 3.05) is 39.9 Å². The fourth-order valence-corrected chi connectivity index (χ4v) is 2.43. The van der Waals surface area contributed by atoms with Crippen LogP contribution < -0.4 is 5.32 Å². The van der Waals surface area contributed by atoms with Crippen LogP contribution in [-0.4, -0.2) is 61.5 Å². The molecule has 2 N–H and O–H groups in total. The zero-order valence-corrected chi connectivity index (χ0v) is 11.0. The first-order valence-electron chi connectivity index (χ1n) is 6.90. The van der Waals surface area contributed by atoms with Crippen LogP contribution in [-0.2, 0) is 4.74 Å². The van der Waals surface area contributed by atoms with Crippen molar-refractivity contribution < 1.29 is 9.84 Å². The number of hydrogen-bond donors (Lipinski definition) is 2. The molecule has 17 heavy (non-hydrogen) atoms. The number of likely N-dealkylation sites (N-methyl/N-ethyl adjacent to an activating group) is 1. The van der Waals surface area contributed by atoms with Crippen molar-refractivity contribution in [1.82, 2.24) is 10.2 Å². The summed E-state index contributed by atoms with van der Waals surface area (Å²) >= 11 is 0. The third-order valence-electron chi connectivity index (χ3n) is 3.71. The average Bonchev–Trinajstić information content (AvgIpc) is 3.08. The maximum atomic E-state index is 10.4. The lowest BCUT2D eigenvalue weighted by molar-refractivity contribution is -0.0768. The fourth-order valence-electron chi connectivity index (χ4n) is 2.43. The fraction of sp³-hybridized carbons (Fsp3) is 1.00. The van der Waals surface area contributed by atoms with Gasteiger partial charge in [-0.25, -0.2) is 0 Å². The second-order valence-corrected chi connectivity index (χ2v) is 5.66. The minimum Gasteiger partial charge on any atom is -0.388 e. The van der Waals surface area contributed by atoms with E-state index in [9.17, 15) is 5.11 Å². The molecule has 0 amide bonds. The van der Waals surface area contributed by atoms with Gasteiger partial charge in [-0.1, -0.05) is 0 Å². The summed E-state index contributed by atoms with van der Waals surface area (Å²) < 4.78 is 5.29. The van der Waals surface area contributed by atoms with Gasteiger partial charge >= 0.3 is 0 Å². The second kappa shape index (κ2) is 6.14. The minimum atomic E-state index is -0.517. The molecule has 0 bridgehead atoms. The quantitative estimate of drug-likeness (QED) is 0.642. The second-order valence-electron chi connectivity index (χ2n) is 5.66. The number of hydrogen-bond acceptors (Lipinski definition) is 4. The highest BCUT2D eigenvalue weighted by molar-refractivity contribution is 4.84. The van der Waals surface area contributed by atoms with E-state index in [-0.39, 0.29) is 0 Å². The van der Waals surface area contributed by atoms with Gasteiger partial charge < -0.3 is 20.1 Å². The van der Waals surface area contributed by atoms with Gasteiger partial charge in [-0.3, -0.25) is 0 Å². The van der Waals surface area contributed by atoms with Crippen LogP contribution in [0.4, 0.5) is 0 Å². The largest absolute Gasteiger partial charge is 0.388 e. The minimum absolute atomic E-state index is 0.517. The lowest BCUT2D eigenvalue weighted by Gasteiger charge is -2.35. The molecule has 0 aromatic rings. The molecule has 100 valence electrons. The Kier molecular flexibility index (Phi) is 4.79. The molecule has 0 aromatic carbocycles. The van der Waals surface area contributed by atoms with E-state index in [0.29, 0.717) is 13.2 Å². The van der Waals surface area contributed by atoms with Crippen LogP contribution in [0, 0.1) is 0 Å². The van der Waals surface area contributed by atoms with Crippen molar-refractivity contribution in [2.45, 2.75) is 43.7 Å². The number of aliphatic hydroxyl groups is 1. The zero-order valence-electron chi connectivity index (χ0n) is 11.0. The molecule has 0 aromatic heterocycles. The molecule has 2 rings (SSSR count). The number of ether oxygens (including phenoxy) is 1. The molecule has 0 atom stereocenters. The van der Waals surface area contributed by atoms with Gasteiger partial charge in [0.1, 0.15) is 0 Å². The smallest absolute Gasteiger partial charge is 0.0817 e. The Morgan fingerprint density at radius 2 is 2.06 bits per heavy atom. The van der Waals surface area contributed by atoms with Gasteiger partial charge in [-0.05, 0) is 39.4 Å². The van der Waals surface area contributed by atoms with Crippen molar-refractivity contribution in [3.05, 3.63) is 0 Å².